The van der Waals surface area contributed by atoms with Gasteiger partial charge in [-0.05, 0) is 32.2 Å². The number of hydrogen-bond donors (Lipinski definition) is 2. The van der Waals surface area contributed by atoms with Gasteiger partial charge >= 0.3 is 5.97 Å². The lowest BCUT2D eigenvalue weighted by Crippen LogP contribution is -2.51. The largest absolute Gasteiger partial charge is 0.480 e. The molecular weight excluding hydrogens is 208 g/mol. The maximum absolute atomic E-state index is 12.1. The molecule has 2 aliphatic heterocycles. The van der Waals surface area contributed by atoms with E-state index in [1.54, 1.807) is 0 Å². The summed E-state index contributed by atoms with van der Waals surface area (Å²) in [5.41, 5.74) is 0. The number of aliphatic carboxylic acids is 1. The van der Waals surface area contributed by atoms with Crippen molar-refractivity contribution in [1.29, 1.82) is 0 Å². The molecule has 0 bridgehead atoms. The highest BCUT2D eigenvalue weighted by molar-refractivity contribution is 5.87. The minimum Gasteiger partial charge on any atom is -0.480 e. The Bertz CT molecular complexity index is 287. The molecule has 2 N–H and O–H groups in total. The maximum atomic E-state index is 12.1. The molecule has 0 aliphatic carbocycles. The minimum absolute atomic E-state index is 0.0235. The minimum atomic E-state index is -0.873. The smallest absolute Gasteiger partial charge is 0.326 e. The molecule has 5 heteroatoms. The van der Waals surface area contributed by atoms with Crippen LogP contribution >= 0.6 is 0 Å². The fourth-order valence-electron chi connectivity index (χ4n) is 2.55. The third kappa shape index (κ3) is 2.19. The first-order valence-corrected chi connectivity index (χ1v) is 5.97. The van der Waals surface area contributed by atoms with Crippen LogP contribution in [0.25, 0.3) is 0 Å². The fraction of sp³-hybridized carbons (Fsp3) is 0.818. The second kappa shape index (κ2) is 4.82. The van der Waals surface area contributed by atoms with Gasteiger partial charge in [-0.2, -0.15) is 0 Å². The Hall–Kier alpha value is -1.10. The van der Waals surface area contributed by atoms with Crippen molar-refractivity contribution in [3.63, 3.8) is 0 Å². The molecule has 2 saturated heterocycles. The number of piperidine rings is 1. The van der Waals surface area contributed by atoms with Crippen LogP contribution in [-0.4, -0.2) is 47.1 Å². The first kappa shape index (κ1) is 11.4. The van der Waals surface area contributed by atoms with Crippen LogP contribution in [0.3, 0.4) is 0 Å². The van der Waals surface area contributed by atoms with Crippen molar-refractivity contribution in [2.24, 2.45) is 0 Å². The molecule has 2 rings (SSSR count). The number of nitrogens with one attached hydrogen (secondary N) is 1. The average Bonchev–Trinajstić information content (AvgIpc) is 2.78. The molecule has 0 saturated carbocycles. The number of carbonyl (C=O) groups excluding carboxylic acids is 1. The molecule has 5 nitrogen and oxygen atoms in total. The first-order chi connectivity index (χ1) is 7.70. The van der Waals surface area contributed by atoms with E-state index in [9.17, 15) is 9.59 Å². The first-order valence-electron chi connectivity index (χ1n) is 5.97. The van der Waals surface area contributed by atoms with Gasteiger partial charge < -0.3 is 15.3 Å². The fourth-order valence-corrected chi connectivity index (χ4v) is 2.55. The molecule has 0 aromatic rings. The Kier molecular flexibility index (Phi) is 3.43. The van der Waals surface area contributed by atoms with Gasteiger partial charge in [-0.1, -0.05) is 6.42 Å². The third-order valence-corrected chi connectivity index (χ3v) is 3.43. The molecule has 2 fully saturated rings. The molecule has 0 aromatic heterocycles. The molecule has 0 radical (unpaired) electrons. The highest BCUT2D eigenvalue weighted by atomic mass is 16.4. The van der Waals surface area contributed by atoms with E-state index in [-0.39, 0.29) is 11.9 Å². The Morgan fingerprint density at radius 2 is 2.00 bits per heavy atom. The van der Waals surface area contributed by atoms with Crippen LogP contribution in [0.5, 0.6) is 0 Å². The van der Waals surface area contributed by atoms with E-state index in [0.717, 1.165) is 32.2 Å². The third-order valence-electron chi connectivity index (χ3n) is 3.43. The summed E-state index contributed by atoms with van der Waals surface area (Å²) in [4.78, 5) is 24.6. The quantitative estimate of drug-likeness (QED) is 0.706. The summed E-state index contributed by atoms with van der Waals surface area (Å²) in [6, 6.07) is -0.759. The van der Waals surface area contributed by atoms with E-state index in [0.29, 0.717) is 13.0 Å². The zero-order valence-electron chi connectivity index (χ0n) is 9.32. The Morgan fingerprint density at radius 3 is 2.62 bits per heavy atom. The van der Waals surface area contributed by atoms with E-state index in [4.69, 9.17) is 5.11 Å². The van der Waals surface area contributed by atoms with E-state index in [1.807, 2.05) is 0 Å². The Balaban J connectivity index is 1.99. The van der Waals surface area contributed by atoms with Crippen LogP contribution in [0.4, 0.5) is 0 Å². The van der Waals surface area contributed by atoms with E-state index in [1.165, 1.54) is 4.90 Å². The summed E-state index contributed by atoms with van der Waals surface area (Å²) in [6.07, 6.45) is 4.38. The molecule has 1 amide bonds. The van der Waals surface area contributed by atoms with Gasteiger partial charge in [0.25, 0.3) is 0 Å². The summed E-state index contributed by atoms with van der Waals surface area (Å²) in [5, 5.41) is 12.2. The molecule has 16 heavy (non-hydrogen) atoms. The normalized spacial score (nSPS) is 30.4. The number of carboxylic acid groups (broad SMARTS) is 1. The SMILES string of the molecule is O=C(O)[C@@H]1CCCN1C(=O)[C@H]1CCCCN1. The standard InChI is InChI=1S/C11H18N2O3/c14-10(8-4-1-2-6-12-8)13-7-3-5-9(13)11(15)16/h8-9,12H,1-7H2,(H,15,16)/t8-,9+/m1/s1. The predicted octanol–water partition coefficient (Wildman–Crippen LogP) is 0.204. The monoisotopic (exact) mass is 226 g/mol. The van der Waals surface area contributed by atoms with Gasteiger partial charge in [-0.3, -0.25) is 4.79 Å². The topological polar surface area (TPSA) is 69.6 Å². The summed E-state index contributed by atoms with van der Waals surface area (Å²) in [6.45, 7) is 1.45. The number of nitrogens with zero attached hydrogens (tertiary/aromatic N) is 1. The van der Waals surface area contributed by atoms with Crippen LogP contribution < -0.4 is 5.32 Å². The summed E-state index contributed by atoms with van der Waals surface area (Å²) in [7, 11) is 0. The molecule has 2 aliphatic rings. The van der Waals surface area contributed by atoms with Gasteiger partial charge in [0.15, 0.2) is 0 Å². The molecule has 0 aromatic carbocycles. The van der Waals surface area contributed by atoms with Crippen molar-refractivity contribution in [2.45, 2.75) is 44.2 Å². The summed E-state index contributed by atoms with van der Waals surface area (Å²) < 4.78 is 0. The molecule has 0 unspecified atom stereocenters. The summed E-state index contributed by atoms with van der Waals surface area (Å²) in [5.74, 6) is -0.897. The molecule has 0 spiro atoms. The molecular formula is C11H18N2O3. The van der Waals surface area contributed by atoms with Gasteiger partial charge in [0.05, 0.1) is 6.04 Å². The van der Waals surface area contributed by atoms with Crippen LogP contribution in [0, 0.1) is 0 Å². The molecule has 2 atom stereocenters. The van der Waals surface area contributed by atoms with Gasteiger partial charge in [-0.25, -0.2) is 4.79 Å². The number of likely N-dealkylation sites (tertiary alicyclic amines) is 1. The lowest BCUT2D eigenvalue weighted by molar-refractivity contribution is -0.149. The van der Waals surface area contributed by atoms with Crippen molar-refractivity contribution in [3.05, 3.63) is 0 Å². The second-order valence-corrected chi connectivity index (χ2v) is 4.53. The highest BCUT2D eigenvalue weighted by Gasteiger charge is 2.37. The number of amides is 1. The number of hydrogen-bond acceptors (Lipinski definition) is 3. The Morgan fingerprint density at radius 1 is 1.19 bits per heavy atom. The van der Waals surface area contributed by atoms with Crippen molar-refractivity contribution in [2.75, 3.05) is 13.1 Å². The molecule has 2 heterocycles. The van der Waals surface area contributed by atoms with Crippen molar-refractivity contribution in [3.8, 4) is 0 Å². The second-order valence-electron chi connectivity index (χ2n) is 4.53. The van der Waals surface area contributed by atoms with Gasteiger partial charge in [0, 0.05) is 6.54 Å². The number of carboxylic acids is 1. The highest BCUT2D eigenvalue weighted by Crippen LogP contribution is 2.20. The zero-order valence-corrected chi connectivity index (χ0v) is 9.32. The lowest BCUT2D eigenvalue weighted by atomic mass is 10.0. The lowest BCUT2D eigenvalue weighted by Gasteiger charge is -2.29. The number of rotatable bonds is 2. The zero-order chi connectivity index (χ0) is 11.5. The van der Waals surface area contributed by atoms with E-state index < -0.39 is 12.0 Å². The maximum Gasteiger partial charge on any atom is 0.326 e. The van der Waals surface area contributed by atoms with E-state index >= 15 is 0 Å². The van der Waals surface area contributed by atoms with Gasteiger partial charge in [-0.15, -0.1) is 0 Å². The van der Waals surface area contributed by atoms with Crippen molar-refractivity contribution < 1.29 is 14.7 Å². The summed E-state index contributed by atoms with van der Waals surface area (Å²) >= 11 is 0. The van der Waals surface area contributed by atoms with Crippen molar-refractivity contribution in [1.82, 2.24) is 10.2 Å². The van der Waals surface area contributed by atoms with Crippen molar-refractivity contribution >= 4 is 11.9 Å². The van der Waals surface area contributed by atoms with Gasteiger partial charge in [0.2, 0.25) is 5.91 Å². The predicted molar refractivity (Wildman–Crippen MR) is 58.0 cm³/mol. The average molecular weight is 226 g/mol. The van der Waals surface area contributed by atoms with Crippen LogP contribution in [0.2, 0.25) is 0 Å². The number of carbonyl (C=O) groups is 2. The van der Waals surface area contributed by atoms with Crippen LogP contribution in [0.1, 0.15) is 32.1 Å². The van der Waals surface area contributed by atoms with Crippen LogP contribution in [0.15, 0.2) is 0 Å². The Labute approximate surface area is 94.8 Å². The van der Waals surface area contributed by atoms with E-state index in [2.05, 4.69) is 5.32 Å². The van der Waals surface area contributed by atoms with Crippen LogP contribution in [-0.2, 0) is 9.59 Å². The van der Waals surface area contributed by atoms with Gasteiger partial charge in [0.1, 0.15) is 6.04 Å². The molecule has 90 valence electrons.